The lowest BCUT2D eigenvalue weighted by atomic mass is 10.3. The summed E-state index contributed by atoms with van der Waals surface area (Å²) in [4.78, 5) is 4.25. The number of rotatable bonds is 1. The molecule has 2 N–H and O–H groups in total. The molecule has 0 radical (unpaired) electrons. The van der Waals surface area contributed by atoms with E-state index in [4.69, 9.17) is 10.5 Å². The number of nitrogens with two attached hydrogens (primary N) is 1. The maximum Gasteiger partial charge on any atom is 0.213 e. The highest BCUT2D eigenvalue weighted by atomic mass is 16.5. The molecule has 2 heterocycles. The van der Waals surface area contributed by atoms with Crippen molar-refractivity contribution >= 4 is 16.7 Å². The third-order valence-corrected chi connectivity index (χ3v) is 2.04. The number of nitrogen functional groups attached to an aromatic ring is 1. The fourth-order valence-electron chi connectivity index (χ4n) is 1.38. The number of aryl methyl sites for hydroxylation is 1. The number of anilines is 1. The van der Waals surface area contributed by atoms with Gasteiger partial charge in [-0.1, -0.05) is 0 Å². The van der Waals surface area contributed by atoms with Crippen molar-refractivity contribution in [1.29, 1.82) is 0 Å². The highest BCUT2D eigenvalue weighted by Crippen LogP contribution is 2.22. The van der Waals surface area contributed by atoms with Gasteiger partial charge < -0.3 is 15.0 Å². The predicted octanol–water partition coefficient (Wildman–Crippen LogP) is 1.16. The zero-order chi connectivity index (χ0) is 9.42. The van der Waals surface area contributed by atoms with E-state index in [1.165, 1.54) is 0 Å². The minimum atomic E-state index is 0.588. The Morgan fingerprint density at radius 3 is 2.92 bits per heavy atom. The van der Waals surface area contributed by atoms with Crippen LogP contribution in [0.3, 0.4) is 0 Å². The average molecular weight is 177 g/mol. The van der Waals surface area contributed by atoms with Crippen molar-refractivity contribution in [2.75, 3.05) is 12.8 Å². The fraction of sp³-hybridized carbons (Fsp3) is 0.222. The van der Waals surface area contributed by atoms with Gasteiger partial charge in [-0.3, -0.25) is 0 Å². The van der Waals surface area contributed by atoms with Crippen LogP contribution in [0.1, 0.15) is 0 Å². The summed E-state index contributed by atoms with van der Waals surface area (Å²) in [7, 11) is 3.53. The first-order valence-corrected chi connectivity index (χ1v) is 3.98. The maximum atomic E-state index is 5.76. The molecule has 0 atom stereocenters. The van der Waals surface area contributed by atoms with Gasteiger partial charge in [0.2, 0.25) is 5.88 Å². The lowest BCUT2D eigenvalue weighted by Gasteiger charge is -1.99. The Labute approximate surface area is 75.9 Å². The molecule has 2 rings (SSSR count). The van der Waals surface area contributed by atoms with Gasteiger partial charge in [0.1, 0.15) is 5.52 Å². The number of hydrogen-bond donors (Lipinski definition) is 1. The van der Waals surface area contributed by atoms with Crippen LogP contribution in [0.5, 0.6) is 5.88 Å². The van der Waals surface area contributed by atoms with Crippen LogP contribution in [0.15, 0.2) is 18.3 Å². The Hall–Kier alpha value is -1.71. The van der Waals surface area contributed by atoms with Gasteiger partial charge in [-0.05, 0) is 6.07 Å². The minimum absolute atomic E-state index is 0.588. The third-order valence-electron chi connectivity index (χ3n) is 2.04. The Bertz CT molecular complexity index is 447. The quantitative estimate of drug-likeness (QED) is 0.711. The van der Waals surface area contributed by atoms with Crippen LogP contribution in [-0.2, 0) is 7.05 Å². The number of ether oxygens (including phenoxy) is 1. The smallest absolute Gasteiger partial charge is 0.213 e. The first kappa shape index (κ1) is 7.91. The number of pyridine rings is 1. The molecule has 0 amide bonds. The summed E-state index contributed by atoms with van der Waals surface area (Å²) in [6.45, 7) is 0. The van der Waals surface area contributed by atoms with Gasteiger partial charge in [-0.2, -0.15) is 0 Å². The van der Waals surface area contributed by atoms with E-state index in [9.17, 15) is 0 Å². The summed E-state index contributed by atoms with van der Waals surface area (Å²) in [6.07, 6.45) is 1.84. The first-order valence-electron chi connectivity index (χ1n) is 3.98. The Balaban J connectivity index is 2.76. The van der Waals surface area contributed by atoms with E-state index in [0.717, 1.165) is 11.0 Å². The molecule has 4 heteroatoms. The van der Waals surface area contributed by atoms with Crippen molar-refractivity contribution in [2.24, 2.45) is 7.05 Å². The lowest BCUT2D eigenvalue weighted by Crippen LogP contribution is -1.89. The van der Waals surface area contributed by atoms with E-state index in [-0.39, 0.29) is 0 Å². The molecular weight excluding hydrogens is 166 g/mol. The Morgan fingerprint density at radius 2 is 2.23 bits per heavy atom. The van der Waals surface area contributed by atoms with E-state index in [1.807, 2.05) is 29.9 Å². The van der Waals surface area contributed by atoms with Gasteiger partial charge in [0.25, 0.3) is 0 Å². The largest absolute Gasteiger partial charge is 0.481 e. The number of nitrogens with zero attached hydrogens (tertiary/aromatic N) is 2. The van der Waals surface area contributed by atoms with Crippen LogP contribution < -0.4 is 10.5 Å². The zero-order valence-corrected chi connectivity index (χ0v) is 7.61. The zero-order valence-electron chi connectivity index (χ0n) is 7.61. The molecule has 0 bridgehead atoms. The molecular formula is C9H11N3O. The summed E-state index contributed by atoms with van der Waals surface area (Å²) in [6, 6.07) is 3.76. The number of aromatic nitrogens is 2. The van der Waals surface area contributed by atoms with Gasteiger partial charge in [-0.15, -0.1) is 0 Å². The molecule has 0 aliphatic heterocycles. The predicted molar refractivity (Wildman–Crippen MR) is 51.7 cm³/mol. The molecule has 0 saturated heterocycles. The molecule has 13 heavy (non-hydrogen) atoms. The first-order chi connectivity index (χ1) is 6.22. The standard InChI is InChI=1S/C9H11N3O/c1-12-5-6(10)9-7(12)3-4-8(11-9)13-2/h3-5H,10H2,1-2H3. The molecule has 2 aromatic rings. The van der Waals surface area contributed by atoms with Gasteiger partial charge in [0.05, 0.1) is 18.3 Å². The van der Waals surface area contributed by atoms with Crippen molar-refractivity contribution < 1.29 is 4.74 Å². The molecule has 0 unspecified atom stereocenters. The monoisotopic (exact) mass is 177 g/mol. The summed E-state index contributed by atoms with van der Waals surface area (Å²) >= 11 is 0. The molecule has 0 spiro atoms. The van der Waals surface area contributed by atoms with Crippen molar-refractivity contribution in [3.63, 3.8) is 0 Å². The van der Waals surface area contributed by atoms with E-state index in [0.29, 0.717) is 11.6 Å². The van der Waals surface area contributed by atoms with Crippen LogP contribution in [0.25, 0.3) is 11.0 Å². The normalized spacial score (nSPS) is 10.6. The van der Waals surface area contributed by atoms with Crippen molar-refractivity contribution in [3.05, 3.63) is 18.3 Å². The highest BCUT2D eigenvalue weighted by molar-refractivity contribution is 5.88. The van der Waals surface area contributed by atoms with Crippen LogP contribution in [0.2, 0.25) is 0 Å². The molecule has 2 aromatic heterocycles. The second-order valence-electron chi connectivity index (χ2n) is 2.92. The summed E-state index contributed by atoms with van der Waals surface area (Å²) in [5.74, 6) is 0.588. The summed E-state index contributed by atoms with van der Waals surface area (Å²) < 4.78 is 6.95. The van der Waals surface area contributed by atoms with Crippen molar-refractivity contribution in [2.45, 2.75) is 0 Å². The molecule has 0 aliphatic carbocycles. The molecule has 0 aliphatic rings. The third kappa shape index (κ3) is 1.11. The van der Waals surface area contributed by atoms with Gasteiger partial charge in [-0.25, -0.2) is 4.98 Å². The topological polar surface area (TPSA) is 53.1 Å². The minimum Gasteiger partial charge on any atom is -0.481 e. The van der Waals surface area contributed by atoms with Gasteiger partial charge in [0, 0.05) is 19.3 Å². The number of methoxy groups -OCH3 is 1. The lowest BCUT2D eigenvalue weighted by molar-refractivity contribution is 0.399. The second kappa shape index (κ2) is 2.65. The van der Waals surface area contributed by atoms with Crippen molar-refractivity contribution in [3.8, 4) is 5.88 Å². The maximum absolute atomic E-state index is 5.76. The average Bonchev–Trinajstić information content (AvgIpc) is 2.42. The summed E-state index contributed by atoms with van der Waals surface area (Å²) in [5.41, 5.74) is 8.24. The van der Waals surface area contributed by atoms with E-state index in [1.54, 1.807) is 7.11 Å². The molecule has 68 valence electrons. The van der Waals surface area contributed by atoms with Crippen LogP contribution in [0.4, 0.5) is 5.69 Å². The molecule has 4 nitrogen and oxygen atoms in total. The van der Waals surface area contributed by atoms with Crippen LogP contribution >= 0.6 is 0 Å². The number of fused-ring (bicyclic) bond motifs is 1. The Morgan fingerprint density at radius 1 is 1.46 bits per heavy atom. The molecule has 0 fully saturated rings. The number of hydrogen-bond acceptors (Lipinski definition) is 3. The van der Waals surface area contributed by atoms with E-state index in [2.05, 4.69) is 4.98 Å². The SMILES string of the molecule is COc1ccc2c(n1)c(N)cn2C. The summed E-state index contributed by atoms with van der Waals surface area (Å²) in [5, 5.41) is 0. The Kier molecular flexibility index (Phi) is 1.62. The highest BCUT2D eigenvalue weighted by Gasteiger charge is 2.05. The van der Waals surface area contributed by atoms with Crippen LogP contribution in [-0.4, -0.2) is 16.7 Å². The molecule has 0 aromatic carbocycles. The second-order valence-corrected chi connectivity index (χ2v) is 2.92. The van der Waals surface area contributed by atoms with Crippen LogP contribution in [0, 0.1) is 0 Å². The molecule has 0 saturated carbocycles. The fourth-order valence-corrected chi connectivity index (χ4v) is 1.38. The van der Waals surface area contributed by atoms with Gasteiger partial charge >= 0.3 is 0 Å². The van der Waals surface area contributed by atoms with E-state index >= 15 is 0 Å². The van der Waals surface area contributed by atoms with E-state index < -0.39 is 0 Å². The van der Waals surface area contributed by atoms with Crippen molar-refractivity contribution in [1.82, 2.24) is 9.55 Å². The van der Waals surface area contributed by atoms with Gasteiger partial charge in [0.15, 0.2) is 0 Å².